The summed E-state index contributed by atoms with van der Waals surface area (Å²) in [5.74, 6) is 0. The lowest BCUT2D eigenvalue weighted by Crippen LogP contribution is -1.97. The lowest BCUT2D eigenvalue weighted by Gasteiger charge is -1.98. The largest absolute Gasteiger partial charge is 0.291 e. The number of nitro groups is 1. The summed E-state index contributed by atoms with van der Waals surface area (Å²) >= 11 is 0. The lowest BCUT2D eigenvalue weighted by molar-refractivity contribution is -0.427. The van der Waals surface area contributed by atoms with Gasteiger partial charge in [-0.2, -0.15) is 0 Å². The summed E-state index contributed by atoms with van der Waals surface area (Å²) in [6, 6.07) is 0. The van der Waals surface area contributed by atoms with Crippen molar-refractivity contribution in [2.75, 3.05) is 0 Å². The van der Waals surface area contributed by atoms with Gasteiger partial charge in [0.25, 0.3) is 0 Å². The molecule has 0 aliphatic carbocycles. The molecule has 125 valence electrons. The number of nitrogens with zero attached hydrogens (tertiary/aromatic N) is 1. The Hall–Kier alpha value is -1.45. The van der Waals surface area contributed by atoms with Gasteiger partial charge in [0, 0.05) is 6.42 Å². The molecule has 4 nitrogen and oxygen atoms in total. The van der Waals surface area contributed by atoms with Crippen LogP contribution in [0.1, 0.15) is 84.0 Å². The minimum absolute atomic E-state index is 0.264. The van der Waals surface area contributed by atoms with Crippen molar-refractivity contribution in [2.24, 2.45) is 0 Å². The van der Waals surface area contributed by atoms with Gasteiger partial charge in [0.2, 0.25) is 5.70 Å². The number of rotatable bonds is 15. The standard InChI is InChI=1S/C18H30NO3/c1-2-3-4-12-15-18(19(21)22)16-13-10-8-6-5-7-9-11-14-17-20/h10,13,15H,2-9,11-12,14,16H2,1H3/b13-10+,18-15+. The zero-order valence-corrected chi connectivity index (χ0v) is 13.9. The first kappa shape index (κ1) is 20.6. The van der Waals surface area contributed by atoms with Crippen molar-refractivity contribution in [3.63, 3.8) is 0 Å². The van der Waals surface area contributed by atoms with Gasteiger partial charge in [0.05, 0.1) is 11.3 Å². The Kier molecular flexibility index (Phi) is 14.9. The van der Waals surface area contributed by atoms with Crippen LogP contribution >= 0.6 is 0 Å². The molecule has 4 heteroatoms. The zero-order chi connectivity index (χ0) is 16.5. The molecule has 0 unspecified atom stereocenters. The molecule has 0 aromatic rings. The summed E-state index contributed by atoms with van der Waals surface area (Å²) in [5, 5.41) is 10.9. The maximum absolute atomic E-state index is 10.9. The molecule has 0 aliphatic heterocycles. The average molecular weight is 308 g/mol. The predicted octanol–water partition coefficient (Wildman–Crippen LogP) is 5.51. The highest BCUT2D eigenvalue weighted by molar-refractivity contribution is 5.50. The Balaban J connectivity index is 3.73. The van der Waals surface area contributed by atoms with Gasteiger partial charge in [0.1, 0.15) is 0 Å². The van der Waals surface area contributed by atoms with Gasteiger partial charge < -0.3 is 0 Å². The van der Waals surface area contributed by atoms with E-state index in [2.05, 4.69) is 6.92 Å². The highest BCUT2D eigenvalue weighted by Crippen LogP contribution is 2.10. The quantitative estimate of drug-likeness (QED) is 0.173. The van der Waals surface area contributed by atoms with E-state index in [9.17, 15) is 14.9 Å². The van der Waals surface area contributed by atoms with Gasteiger partial charge in [-0.25, -0.2) is 0 Å². The fraction of sp³-hybridized carbons (Fsp3) is 0.722. The van der Waals surface area contributed by atoms with E-state index in [1.54, 1.807) is 6.08 Å². The number of hydrogen-bond acceptors (Lipinski definition) is 3. The Morgan fingerprint density at radius 3 is 2.36 bits per heavy atom. The number of unbranched alkanes of at least 4 members (excludes halogenated alkanes) is 9. The van der Waals surface area contributed by atoms with Crippen LogP contribution in [0.25, 0.3) is 0 Å². The molecule has 0 aromatic carbocycles. The third-order valence-corrected chi connectivity index (χ3v) is 3.57. The summed E-state index contributed by atoms with van der Waals surface area (Å²) in [5.41, 5.74) is 0.317. The highest BCUT2D eigenvalue weighted by Gasteiger charge is 2.06. The topological polar surface area (TPSA) is 60.2 Å². The summed E-state index contributed by atoms with van der Waals surface area (Å²) < 4.78 is 0. The molecule has 1 radical (unpaired) electrons. The molecule has 0 saturated carbocycles. The molecule has 0 heterocycles. The van der Waals surface area contributed by atoms with Gasteiger partial charge >= 0.3 is 0 Å². The van der Waals surface area contributed by atoms with Crippen LogP contribution in [0.5, 0.6) is 0 Å². The Morgan fingerprint density at radius 2 is 1.68 bits per heavy atom. The van der Waals surface area contributed by atoms with Crippen molar-refractivity contribution in [3.8, 4) is 0 Å². The highest BCUT2D eigenvalue weighted by atomic mass is 16.6. The number of hydrogen-bond donors (Lipinski definition) is 0. The normalized spacial score (nSPS) is 12.0. The first-order valence-electron chi connectivity index (χ1n) is 8.55. The first-order valence-corrected chi connectivity index (χ1v) is 8.55. The average Bonchev–Trinajstić information content (AvgIpc) is 2.50. The lowest BCUT2D eigenvalue weighted by atomic mass is 10.1. The smallest absolute Gasteiger partial charge is 0.246 e. The molecule has 0 rings (SSSR count). The van der Waals surface area contributed by atoms with Crippen LogP contribution in [0.2, 0.25) is 0 Å². The molecule has 0 aliphatic rings. The van der Waals surface area contributed by atoms with Crippen LogP contribution in [-0.4, -0.2) is 11.2 Å². The number of carbonyl (C=O) groups excluding carboxylic acids is 1. The fourth-order valence-electron chi connectivity index (χ4n) is 2.21. The Labute approximate surface area is 134 Å². The van der Waals surface area contributed by atoms with Crippen molar-refractivity contribution in [3.05, 3.63) is 34.0 Å². The molecule has 0 N–H and O–H groups in total. The van der Waals surface area contributed by atoms with Crippen molar-refractivity contribution in [2.45, 2.75) is 84.0 Å². The summed E-state index contributed by atoms with van der Waals surface area (Å²) in [7, 11) is 0. The van der Waals surface area contributed by atoms with E-state index in [4.69, 9.17) is 0 Å². The summed E-state index contributed by atoms with van der Waals surface area (Å²) in [4.78, 5) is 20.7. The molecule has 0 aromatic heterocycles. The van der Waals surface area contributed by atoms with Crippen LogP contribution in [0.15, 0.2) is 23.9 Å². The van der Waals surface area contributed by atoms with Crippen molar-refractivity contribution in [1.29, 1.82) is 0 Å². The van der Waals surface area contributed by atoms with E-state index in [0.717, 1.165) is 64.2 Å². The van der Waals surface area contributed by atoms with Crippen LogP contribution in [0, 0.1) is 10.1 Å². The van der Waals surface area contributed by atoms with Crippen LogP contribution in [0.4, 0.5) is 0 Å². The minimum atomic E-state index is -0.264. The second kappa shape index (κ2) is 15.9. The molecule has 0 bridgehead atoms. The van der Waals surface area contributed by atoms with Gasteiger partial charge in [-0.05, 0) is 38.2 Å². The van der Waals surface area contributed by atoms with Crippen LogP contribution < -0.4 is 0 Å². The molecule has 0 spiro atoms. The van der Waals surface area contributed by atoms with E-state index in [1.807, 2.05) is 18.4 Å². The third kappa shape index (κ3) is 13.5. The molecular weight excluding hydrogens is 278 g/mol. The Bertz CT molecular complexity index is 348. The number of allylic oxidation sites excluding steroid dienone is 3. The molecule has 0 amide bonds. The maximum atomic E-state index is 10.9. The van der Waals surface area contributed by atoms with Crippen molar-refractivity contribution < 1.29 is 9.72 Å². The van der Waals surface area contributed by atoms with E-state index >= 15 is 0 Å². The second-order valence-corrected chi connectivity index (χ2v) is 5.57. The van der Waals surface area contributed by atoms with Gasteiger partial charge in [-0.15, -0.1) is 0 Å². The predicted molar refractivity (Wildman–Crippen MR) is 91.0 cm³/mol. The van der Waals surface area contributed by atoms with E-state index < -0.39 is 0 Å². The van der Waals surface area contributed by atoms with Crippen LogP contribution in [-0.2, 0) is 4.79 Å². The fourth-order valence-corrected chi connectivity index (χ4v) is 2.21. The zero-order valence-electron chi connectivity index (χ0n) is 13.9. The van der Waals surface area contributed by atoms with Gasteiger partial charge in [0.15, 0.2) is 6.29 Å². The minimum Gasteiger partial charge on any atom is -0.291 e. The van der Waals surface area contributed by atoms with E-state index in [-0.39, 0.29) is 4.92 Å². The molecular formula is C18H30NO3. The molecule has 0 atom stereocenters. The second-order valence-electron chi connectivity index (χ2n) is 5.57. The summed E-state index contributed by atoms with van der Waals surface area (Å²) in [6.45, 7) is 2.13. The first-order chi connectivity index (χ1) is 10.7. The maximum Gasteiger partial charge on any atom is 0.246 e. The van der Waals surface area contributed by atoms with Crippen molar-refractivity contribution in [1.82, 2.24) is 0 Å². The van der Waals surface area contributed by atoms with E-state index in [1.165, 1.54) is 0 Å². The van der Waals surface area contributed by atoms with Gasteiger partial charge in [-0.3, -0.25) is 14.9 Å². The van der Waals surface area contributed by atoms with E-state index in [0.29, 0.717) is 18.5 Å². The van der Waals surface area contributed by atoms with Crippen LogP contribution in [0.3, 0.4) is 0 Å². The third-order valence-electron chi connectivity index (χ3n) is 3.57. The Morgan fingerprint density at radius 1 is 1.00 bits per heavy atom. The molecule has 0 fully saturated rings. The monoisotopic (exact) mass is 308 g/mol. The summed E-state index contributed by atoms with van der Waals surface area (Å²) in [6.07, 6.45) is 19.1. The molecule has 0 saturated heterocycles. The SMILES string of the molecule is CCCCC/C=C(\C/C=C/CCCCCCC[C]=O)[N+](=O)[O-]. The van der Waals surface area contributed by atoms with Crippen molar-refractivity contribution >= 4 is 6.29 Å². The molecule has 22 heavy (non-hydrogen) atoms. The van der Waals surface area contributed by atoms with Gasteiger partial charge in [-0.1, -0.05) is 51.2 Å².